The number of hydrogen-bond acceptors (Lipinski definition) is 3. The molecule has 202 valence electrons. The number of anilines is 1. The number of carbonyl (C=O) groups is 3. The van der Waals surface area contributed by atoms with Gasteiger partial charge < -0.3 is 10.3 Å². The predicted octanol–water partition coefficient (Wildman–Crippen LogP) is 5.89. The average Bonchev–Trinajstić information content (AvgIpc) is 3.50. The Kier molecular flexibility index (Phi) is 5.93. The van der Waals surface area contributed by atoms with Crippen molar-refractivity contribution in [1.29, 1.82) is 0 Å². The number of amides is 4. The SMILES string of the molecule is Cc1ccc([C@H]2c3[nH]c4ccccc4c3C[C@H]3C(=O)N(c4ccc(C(=O)NCc5ccccc5)cc4)C(=O)N23)cc1. The lowest BCUT2D eigenvalue weighted by atomic mass is 9.88. The van der Waals surface area contributed by atoms with E-state index in [9.17, 15) is 14.4 Å². The number of carbonyl (C=O) groups excluding carboxylic acids is 3. The van der Waals surface area contributed by atoms with E-state index in [2.05, 4.69) is 16.4 Å². The minimum Gasteiger partial charge on any atom is -0.356 e. The van der Waals surface area contributed by atoms with Crippen molar-refractivity contribution in [3.63, 3.8) is 0 Å². The van der Waals surface area contributed by atoms with E-state index < -0.39 is 12.1 Å². The predicted molar refractivity (Wildman–Crippen MR) is 158 cm³/mol. The zero-order valence-electron chi connectivity index (χ0n) is 22.5. The van der Waals surface area contributed by atoms with Crippen LogP contribution in [0.15, 0.2) is 103 Å². The fraction of sp³-hybridized carbons (Fsp3) is 0.147. The summed E-state index contributed by atoms with van der Waals surface area (Å²) in [7, 11) is 0. The van der Waals surface area contributed by atoms with E-state index >= 15 is 0 Å². The third kappa shape index (κ3) is 4.17. The van der Waals surface area contributed by atoms with Gasteiger partial charge in [0.05, 0.1) is 5.69 Å². The molecule has 5 aromatic rings. The Balaban J connectivity index is 1.20. The van der Waals surface area contributed by atoms with E-state index in [1.807, 2.05) is 79.7 Å². The Bertz CT molecular complexity index is 1790. The maximum absolute atomic E-state index is 14.0. The molecular formula is C34H28N4O3. The number of H-pyrrole nitrogens is 1. The van der Waals surface area contributed by atoms with Gasteiger partial charge in [-0.25, -0.2) is 9.69 Å². The minimum atomic E-state index is -0.630. The van der Waals surface area contributed by atoms with Gasteiger partial charge in [-0.05, 0) is 53.9 Å². The number of urea groups is 1. The first kappa shape index (κ1) is 24.8. The van der Waals surface area contributed by atoms with Crippen LogP contribution in [-0.4, -0.2) is 33.8 Å². The number of nitrogens with zero attached hydrogens (tertiary/aromatic N) is 2. The van der Waals surface area contributed by atoms with Crippen LogP contribution in [0, 0.1) is 6.92 Å². The largest absolute Gasteiger partial charge is 0.356 e. The number of benzene rings is 4. The molecule has 2 aliphatic rings. The Hall–Kier alpha value is -5.17. The molecule has 2 N–H and O–H groups in total. The summed E-state index contributed by atoms with van der Waals surface area (Å²) in [5.74, 6) is -0.481. The minimum absolute atomic E-state index is 0.221. The van der Waals surface area contributed by atoms with Gasteiger partial charge in [0.2, 0.25) is 0 Å². The summed E-state index contributed by atoms with van der Waals surface area (Å²) in [5.41, 5.74) is 6.99. The summed E-state index contributed by atoms with van der Waals surface area (Å²) >= 11 is 0. The first-order valence-corrected chi connectivity index (χ1v) is 13.7. The van der Waals surface area contributed by atoms with Gasteiger partial charge >= 0.3 is 6.03 Å². The van der Waals surface area contributed by atoms with Crippen LogP contribution in [0.4, 0.5) is 10.5 Å². The van der Waals surface area contributed by atoms with Gasteiger partial charge in [-0.2, -0.15) is 0 Å². The molecule has 1 saturated heterocycles. The Labute approximate surface area is 237 Å². The van der Waals surface area contributed by atoms with Crippen LogP contribution in [0.1, 0.15) is 44.3 Å². The normalized spacial score (nSPS) is 18.0. The van der Waals surface area contributed by atoms with Crippen molar-refractivity contribution in [1.82, 2.24) is 15.2 Å². The molecule has 1 fully saturated rings. The topological polar surface area (TPSA) is 85.5 Å². The Morgan fingerprint density at radius 2 is 1.59 bits per heavy atom. The molecule has 4 amide bonds. The van der Waals surface area contributed by atoms with Crippen molar-refractivity contribution in [2.75, 3.05) is 4.90 Å². The molecule has 0 aliphatic carbocycles. The van der Waals surface area contributed by atoms with Gasteiger partial charge in [0.15, 0.2) is 0 Å². The maximum Gasteiger partial charge on any atom is 0.332 e. The molecular weight excluding hydrogens is 512 g/mol. The number of imide groups is 1. The highest BCUT2D eigenvalue weighted by atomic mass is 16.2. The van der Waals surface area contributed by atoms with E-state index in [1.54, 1.807) is 29.2 Å². The lowest BCUT2D eigenvalue weighted by Crippen LogP contribution is -2.44. The van der Waals surface area contributed by atoms with Crippen LogP contribution in [0.2, 0.25) is 0 Å². The van der Waals surface area contributed by atoms with E-state index in [4.69, 9.17) is 0 Å². The number of hydrogen-bond donors (Lipinski definition) is 2. The molecule has 1 aromatic heterocycles. The number of fused-ring (bicyclic) bond motifs is 4. The van der Waals surface area contributed by atoms with E-state index in [1.165, 1.54) is 4.90 Å². The molecule has 0 spiro atoms. The molecule has 41 heavy (non-hydrogen) atoms. The van der Waals surface area contributed by atoms with Crippen LogP contribution in [0.5, 0.6) is 0 Å². The lowest BCUT2D eigenvalue weighted by Gasteiger charge is -2.36. The molecule has 7 rings (SSSR count). The third-order valence-corrected chi connectivity index (χ3v) is 8.13. The van der Waals surface area contributed by atoms with Crippen LogP contribution in [-0.2, 0) is 17.8 Å². The quantitative estimate of drug-likeness (QED) is 0.273. The summed E-state index contributed by atoms with van der Waals surface area (Å²) in [6, 6.07) is 31.1. The number of rotatable bonds is 5. The maximum atomic E-state index is 14.0. The van der Waals surface area contributed by atoms with E-state index in [-0.39, 0.29) is 17.8 Å². The monoisotopic (exact) mass is 540 g/mol. The lowest BCUT2D eigenvalue weighted by molar-refractivity contribution is -0.120. The van der Waals surface area contributed by atoms with Crippen molar-refractivity contribution < 1.29 is 14.4 Å². The molecule has 0 bridgehead atoms. The first-order valence-electron chi connectivity index (χ1n) is 13.7. The summed E-state index contributed by atoms with van der Waals surface area (Å²) < 4.78 is 0. The summed E-state index contributed by atoms with van der Waals surface area (Å²) in [6.45, 7) is 2.44. The van der Waals surface area contributed by atoms with Crippen molar-refractivity contribution in [3.05, 3.63) is 137 Å². The highest BCUT2D eigenvalue weighted by molar-refractivity contribution is 6.22. The Morgan fingerprint density at radius 1 is 0.878 bits per heavy atom. The summed E-state index contributed by atoms with van der Waals surface area (Å²) in [4.78, 5) is 47.2. The van der Waals surface area contributed by atoms with Crippen molar-refractivity contribution in [2.24, 2.45) is 0 Å². The second-order valence-electron chi connectivity index (χ2n) is 10.7. The van der Waals surface area contributed by atoms with Crippen LogP contribution < -0.4 is 10.2 Å². The summed E-state index contributed by atoms with van der Waals surface area (Å²) in [5, 5.41) is 3.99. The number of aryl methyl sites for hydroxylation is 1. The van der Waals surface area contributed by atoms with Crippen molar-refractivity contribution in [2.45, 2.75) is 32.0 Å². The summed E-state index contributed by atoms with van der Waals surface area (Å²) in [6.07, 6.45) is 0.433. The molecule has 7 nitrogen and oxygen atoms in total. The molecule has 3 heterocycles. The second kappa shape index (κ2) is 9.78. The number of aromatic nitrogens is 1. The first-order chi connectivity index (χ1) is 20.0. The molecule has 0 unspecified atom stereocenters. The zero-order valence-corrected chi connectivity index (χ0v) is 22.5. The molecule has 7 heteroatoms. The fourth-order valence-corrected chi connectivity index (χ4v) is 6.05. The Morgan fingerprint density at radius 3 is 2.34 bits per heavy atom. The molecule has 4 aromatic carbocycles. The van der Waals surface area contributed by atoms with Crippen LogP contribution >= 0.6 is 0 Å². The zero-order chi connectivity index (χ0) is 28.1. The standard InChI is InChI=1S/C34H28N4O3/c1-21-11-13-23(14-12-21)31-30-27(26-9-5-6-10-28(26)36-30)19-29-33(40)37(34(41)38(29)31)25-17-15-24(16-18-25)32(39)35-20-22-7-3-2-4-8-22/h2-18,29,31,36H,19-20H2,1H3,(H,35,39)/t29-,31-/m0/s1. The number of para-hydroxylation sites is 1. The molecule has 2 atom stereocenters. The van der Waals surface area contributed by atoms with Crippen molar-refractivity contribution >= 4 is 34.4 Å². The van der Waals surface area contributed by atoms with E-state index in [0.29, 0.717) is 24.2 Å². The number of aromatic amines is 1. The third-order valence-electron chi connectivity index (χ3n) is 8.13. The van der Waals surface area contributed by atoms with Crippen LogP contribution in [0.3, 0.4) is 0 Å². The molecule has 2 aliphatic heterocycles. The van der Waals surface area contributed by atoms with Gasteiger partial charge in [0, 0.05) is 35.1 Å². The van der Waals surface area contributed by atoms with Gasteiger partial charge in [-0.15, -0.1) is 0 Å². The van der Waals surface area contributed by atoms with E-state index in [0.717, 1.165) is 38.9 Å². The second-order valence-corrected chi connectivity index (χ2v) is 10.7. The van der Waals surface area contributed by atoms with Crippen molar-refractivity contribution in [3.8, 4) is 0 Å². The number of nitrogens with one attached hydrogen (secondary N) is 2. The average molecular weight is 541 g/mol. The smallest absolute Gasteiger partial charge is 0.332 e. The van der Waals surface area contributed by atoms with Gasteiger partial charge in [0.25, 0.3) is 11.8 Å². The van der Waals surface area contributed by atoms with Gasteiger partial charge in [-0.3, -0.25) is 14.5 Å². The molecule has 0 saturated carbocycles. The van der Waals surface area contributed by atoms with Gasteiger partial charge in [0.1, 0.15) is 12.1 Å². The fourth-order valence-electron chi connectivity index (χ4n) is 6.05. The highest BCUT2D eigenvalue weighted by Crippen LogP contribution is 2.44. The van der Waals surface area contributed by atoms with Gasteiger partial charge in [-0.1, -0.05) is 78.4 Å². The van der Waals surface area contributed by atoms with Crippen LogP contribution in [0.25, 0.3) is 10.9 Å². The highest BCUT2D eigenvalue weighted by Gasteiger charge is 2.53. The molecule has 0 radical (unpaired) electrons.